The molecule has 190 valence electrons. The van der Waals surface area contributed by atoms with E-state index in [0.29, 0.717) is 11.3 Å². The van der Waals surface area contributed by atoms with Gasteiger partial charge in [-0.2, -0.15) is 5.10 Å². The number of hydrogen-bond donors (Lipinski definition) is 1. The summed E-state index contributed by atoms with van der Waals surface area (Å²) in [4.78, 5) is 15.9. The van der Waals surface area contributed by atoms with Gasteiger partial charge in [-0.1, -0.05) is 36.4 Å². The molecule has 2 heterocycles. The van der Waals surface area contributed by atoms with Gasteiger partial charge in [0.25, 0.3) is 5.91 Å². The number of hydrogen-bond acceptors (Lipinski definition) is 5. The Morgan fingerprint density at radius 1 is 1.11 bits per heavy atom. The average Bonchev–Trinajstić information content (AvgIpc) is 3.39. The molecule has 3 aromatic rings. The van der Waals surface area contributed by atoms with Gasteiger partial charge in [0, 0.05) is 37.4 Å². The molecule has 0 saturated carbocycles. The lowest BCUT2D eigenvalue weighted by Crippen LogP contribution is -2.50. The largest absolute Gasteiger partial charge is 0.496 e. The average molecular weight is 489 g/mol. The van der Waals surface area contributed by atoms with Crippen LogP contribution in [0.3, 0.4) is 0 Å². The van der Waals surface area contributed by atoms with Gasteiger partial charge in [-0.15, -0.1) is 0 Å². The van der Waals surface area contributed by atoms with Crippen molar-refractivity contribution in [1.29, 1.82) is 0 Å². The smallest absolute Gasteiger partial charge is 0.255 e. The molecule has 7 heteroatoms. The van der Waals surface area contributed by atoms with Gasteiger partial charge in [0.05, 0.1) is 30.5 Å². The Morgan fingerprint density at radius 2 is 1.83 bits per heavy atom. The predicted molar refractivity (Wildman–Crippen MR) is 139 cm³/mol. The number of aryl methyl sites for hydroxylation is 2. The number of fused-ring (bicyclic) bond motifs is 2. The van der Waals surface area contributed by atoms with Crippen LogP contribution in [0.4, 0.5) is 0 Å². The van der Waals surface area contributed by atoms with Crippen LogP contribution in [0.2, 0.25) is 0 Å². The normalized spacial score (nSPS) is 20.9. The van der Waals surface area contributed by atoms with Gasteiger partial charge >= 0.3 is 0 Å². The highest BCUT2D eigenvalue weighted by Crippen LogP contribution is 2.52. The van der Waals surface area contributed by atoms with Gasteiger partial charge in [0.2, 0.25) is 0 Å². The molecule has 1 fully saturated rings. The first kappa shape index (κ1) is 24.5. The number of benzene rings is 2. The molecule has 1 aromatic heterocycles. The highest BCUT2D eigenvalue weighted by molar-refractivity contribution is 5.97. The number of nitrogens with one attached hydrogen (secondary N) is 1. The van der Waals surface area contributed by atoms with Gasteiger partial charge in [-0.25, -0.2) is 0 Å². The molecule has 1 N–H and O–H groups in total. The Balaban J connectivity index is 1.38. The third kappa shape index (κ3) is 4.20. The molecule has 1 spiro atoms. The second-order valence-electron chi connectivity index (χ2n) is 9.92. The van der Waals surface area contributed by atoms with Crippen LogP contribution >= 0.6 is 0 Å². The Bertz CT molecular complexity index is 1230. The molecule has 2 atom stereocenters. The molecule has 1 amide bonds. The highest BCUT2D eigenvalue weighted by atomic mass is 16.5. The maximum Gasteiger partial charge on any atom is 0.255 e. The number of amides is 1. The minimum absolute atomic E-state index is 0.136. The number of carbonyl (C=O) groups excluding carboxylic acids is 1. The van der Waals surface area contributed by atoms with Crippen LogP contribution in [-0.2, 0) is 23.2 Å². The van der Waals surface area contributed by atoms with Crippen LogP contribution in [0.25, 0.3) is 0 Å². The third-order valence-corrected chi connectivity index (χ3v) is 8.09. The summed E-state index contributed by atoms with van der Waals surface area (Å²) in [7, 11) is 3.36. The zero-order chi connectivity index (χ0) is 25.3. The minimum Gasteiger partial charge on any atom is -0.496 e. The number of rotatable bonds is 7. The fourth-order valence-electron chi connectivity index (χ4n) is 6.20. The number of carbonyl (C=O) groups is 1. The molecule has 1 saturated heterocycles. The molecule has 1 aliphatic carbocycles. The van der Waals surface area contributed by atoms with Crippen molar-refractivity contribution in [3.8, 4) is 5.75 Å². The maximum atomic E-state index is 13.4. The second-order valence-corrected chi connectivity index (χ2v) is 9.92. The summed E-state index contributed by atoms with van der Waals surface area (Å²) in [6.07, 6.45) is 3.99. The first-order valence-electron chi connectivity index (χ1n) is 12.8. The van der Waals surface area contributed by atoms with E-state index < -0.39 is 0 Å². The van der Waals surface area contributed by atoms with Gasteiger partial charge in [-0.3, -0.25) is 14.4 Å². The van der Waals surface area contributed by atoms with Crippen molar-refractivity contribution in [3.05, 3.63) is 82.7 Å². The molecule has 7 nitrogen and oxygen atoms in total. The van der Waals surface area contributed by atoms with Gasteiger partial charge in [0.1, 0.15) is 5.75 Å². The Hall–Kier alpha value is -3.16. The van der Waals surface area contributed by atoms with Crippen LogP contribution in [0.5, 0.6) is 5.75 Å². The van der Waals surface area contributed by atoms with E-state index in [1.165, 1.54) is 11.1 Å². The van der Waals surface area contributed by atoms with E-state index >= 15 is 0 Å². The molecule has 0 bridgehead atoms. The van der Waals surface area contributed by atoms with Crippen molar-refractivity contribution in [2.75, 3.05) is 27.3 Å². The number of piperidine rings is 1. The van der Waals surface area contributed by atoms with Crippen molar-refractivity contribution < 1.29 is 14.3 Å². The van der Waals surface area contributed by atoms with E-state index in [0.717, 1.165) is 50.3 Å². The molecule has 0 unspecified atom stereocenters. The summed E-state index contributed by atoms with van der Waals surface area (Å²) in [5.74, 6) is 0.423. The topological polar surface area (TPSA) is 68.6 Å². The van der Waals surface area contributed by atoms with Gasteiger partial charge < -0.3 is 14.8 Å². The van der Waals surface area contributed by atoms with E-state index in [1.54, 1.807) is 20.3 Å². The minimum atomic E-state index is -0.222. The van der Waals surface area contributed by atoms with Crippen LogP contribution in [0, 0.1) is 6.92 Å². The predicted octanol–water partition coefficient (Wildman–Crippen LogP) is 4.25. The molecular weight excluding hydrogens is 452 g/mol. The zero-order valence-corrected chi connectivity index (χ0v) is 21.7. The third-order valence-electron chi connectivity index (χ3n) is 8.09. The summed E-state index contributed by atoms with van der Waals surface area (Å²) in [6, 6.07) is 15.6. The Labute approximate surface area is 213 Å². The summed E-state index contributed by atoms with van der Waals surface area (Å²) < 4.78 is 13.7. The number of ether oxygens (including phenoxy) is 2. The lowest BCUT2D eigenvalue weighted by molar-refractivity contribution is -0.0122. The van der Waals surface area contributed by atoms with Gasteiger partial charge in [0.15, 0.2) is 0 Å². The van der Waals surface area contributed by atoms with Gasteiger partial charge in [-0.05, 0) is 63.0 Å². The van der Waals surface area contributed by atoms with Crippen molar-refractivity contribution in [2.24, 2.45) is 0 Å². The van der Waals surface area contributed by atoms with Crippen molar-refractivity contribution in [1.82, 2.24) is 20.0 Å². The summed E-state index contributed by atoms with van der Waals surface area (Å²) >= 11 is 0. The van der Waals surface area contributed by atoms with E-state index in [9.17, 15) is 4.79 Å². The van der Waals surface area contributed by atoms with Crippen molar-refractivity contribution in [3.63, 3.8) is 0 Å². The molecule has 5 rings (SSSR count). The molecular formula is C29H36N4O3. The van der Waals surface area contributed by atoms with E-state index in [-0.39, 0.29) is 23.5 Å². The first-order chi connectivity index (χ1) is 17.5. The summed E-state index contributed by atoms with van der Waals surface area (Å²) in [5.41, 5.74) is 5.26. The maximum absolute atomic E-state index is 13.4. The highest BCUT2D eigenvalue weighted by Gasteiger charge is 2.54. The monoisotopic (exact) mass is 488 g/mol. The fourth-order valence-corrected chi connectivity index (χ4v) is 6.20. The first-order valence-corrected chi connectivity index (χ1v) is 12.8. The van der Waals surface area contributed by atoms with Crippen LogP contribution < -0.4 is 10.1 Å². The number of para-hydroxylation sites is 1. The Morgan fingerprint density at radius 3 is 2.53 bits per heavy atom. The Kier molecular flexibility index (Phi) is 6.86. The number of likely N-dealkylation sites (tertiary alicyclic amines) is 1. The molecule has 0 radical (unpaired) electrons. The van der Waals surface area contributed by atoms with Crippen molar-refractivity contribution >= 4 is 5.91 Å². The molecule has 2 aromatic carbocycles. The van der Waals surface area contributed by atoms with E-state index in [2.05, 4.69) is 59.6 Å². The zero-order valence-electron chi connectivity index (χ0n) is 21.7. The SMILES string of the molecule is CCn1cc(CN2CCC3(CC2)c2ccccc2[C@@H](NC(=O)c2ccccc2OC)[C@@H]3OC)c(C)n1. The molecule has 1 aliphatic heterocycles. The molecule has 2 aliphatic rings. The number of aromatic nitrogens is 2. The van der Waals surface area contributed by atoms with Crippen LogP contribution in [0.1, 0.15) is 58.5 Å². The summed E-state index contributed by atoms with van der Waals surface area (Å²) in [6.45, 7) is 7.95. The molecule has 36 heavy (non-hydrogen) atoms. The van der Waals surface area contributed by atoms with Crippen molar-refractivity contribution in [2.45, 2.75) is 57.3 Å². The standard InChI is InChI=1S/C29H36N4O3/c1-5-33-19-21(20(2)31-33)18-32-16-14-29(15-17-32)24-12-8-6-10-22(24)26(27(29)36-4)30-28(34)23-11-7-9-13-25(23)35-3/h6-13,19,26-27H,5,14-18H2,1-4H3,(H,30,34)/t26-,27+/m1/s1. The number of nitrogens with zero attached hydrogens (tertiary/aromatic N) is 3. The van der Waals surface area contributed by atoms with E-state index in [4.69, 9.17) is 9.47 Å². The lowest BCUT2D eigenvalue weighted by atomic mass is 9.72. The lowest BCUT2D eigenvalue weighted by Gasteiger charge is -2.44. The summed E-state index contributed by atoms with van der Waals surface area (Å²) in [5, 5.41) is 7.91. The quantitative estimate of drug-likeness (QED) is 0.538. The fraction of sp³-hybridized carbons (Fsp3) is 0.448. The second kappa shape index (κ2) is 10.1. The van der Waals surface area contributed by atoms with E-state index in [1.807, 2.05) is 22.9 Å². The van der Waals surface area contributed by atoms with Crippen LogP contribution in [0.15, 0.2) is 54.7 Å². The number of methoxy groups -OCH3 is 2. The van der Waals surface area contributed by atoms with Crippen LogP contribution in [-0.4, -0.2) is 54.0 Å².